The largest absolute Gasteiger partial charge is 0.396 e. The van der Waals surface area contributed by atoms with Crippen molar-refractivity contribution < 1.29 is 9.84 Å². The molecule has 2 atom stereocenters. The lowest BCUT2D eigenvalue weighted by molar-refractivity contribution is 0.0977. The minimum absolute atomic E-state index is 0.324. The van der Waals surface area contributed by atoms with Crippen molar-refractivity contribution in [3.05, 3.63) is 0 Å². The highest BCUT2D eigenvalue weighted by Gasteiger charge is 2.27. The van der Waals surface area contributed by atoms with E-state index < -0.39 is 0 Å². The van der Waals surface area contributed by atoms with E-state index in [1.165, 1.54) is 32.4 Å². The number of nitrogens with zero attached hydrogens (tertiary/aromatic N) is 1. The summed E-state index contributed by atoms with van der Waals surface area (Å²) >= 11 is 0. The van der Waals surface area contributed by atoms with Gasteiger partial charge in [-0.15, -0.1) is 0 Å². The molecular weight excluding hydrogens is 190 g/mol. The highest BCUT2D eigenvalue weighted by atomic mass is 16.5. The van der Waals surface area contributed by atoms with Gasteiger partial charge >= 0.3 is 0 Å². The van der Waals surface area contributed by atoms with Crippen LogP contribution in [-0.4, -0.2) is 49.5 Å². The van der Waals surface area contributed by atoms with Crippen LogP contribution in [0.2, 0.25) is 0 Å². The van der Waals surface area contributed by atoms with Gasteiger partial charge in [0.05, 0.1) is 0 Å². The fourth-order valence-corrected chi connectivity index (χ4v) is 2.75. The first-order valence-corrected chi connectivity index (χ1v) is 6.31. The van der Waals surface area contributed by atoms with Gasteiger partial charge in [-0.25, -0.2) is 0 Å². The van der Waals surface area contributed by atoms with Crippen molar-refractivity contribution >= 4 is 0 Å². The number of aliphatic hydroxyl groups is 1. The molecule has 2 aliphatic rings. The molecule has 0 saturated carbocycles. The van der Waals surface area contributed by atoms with Crippen LogP contribution in [0.4, 0.5) is 0 Å². The Labute approximate surface area is 92.4 Å². The molecule has 0 radical (unpaired) electrons. The van der Waals surface area contributed by atoms with Gasteiger partial charge in [-0.05, 0) is 44.2 Å². The van der Waals surface area contributed by atoms with Gasteiger partial charge in [0.1, 0.15) is 0 Å². The molecular formula is C12H23NO2. The molecule has 88 valence electrons. The minimum atomic E-state index is 0.324. The van der Waals surface area contributed by atoms with Crippen LogP contribution < -0.4 is 0 Å². The van der Waals surface area contributed by atoms with E-state index in [0.29, 0.717) is 18.4 Å². The zero-order chi connectivity index (χ0) is 10.5. The summed E-state index contributed by atoms with van der Waals surface area (Å²) in [6.07, 6.45) is 5.19. The minimum Gasteiger partial charge on any atom is -0.396 e. The van der Waals surface area contributed by atoms with Crippen LogP contribution in [0.1, 0.15) is 25.7 Å². The van der Waals surface area contributed by atoms with Crippen molar-refractivity contribution in [1.29, 1.82) is 0 Å². The van der Waals surface area contributed by atoms with Gasteiger partial charge in [0.15, 0.2) is 0 Å². The monoisotopic (exact) mass is 213 g/mol. The van der Waals surface area contributed by atoms with Gasteiger partial charge in [-0.1, -0.05) is 6.42 Å². The standard InChI is InChI=1S/C12H23NO2/c14-9-12(11-4-7-15-10-11)8-13-5-2-1-3-6-13/h11-12,14H,1-10H2. The molecule has 3 nitrogen and oxygen atoms in total. The molecule has 0 amide bonds. The molecule has 0 spiro atoms. The summed E-state index contributed by atoms with van der Waals surface area (Å²) in [7, 11) is 0. The Kier molecular flexibility index (Phi) is 4.42. The van der Waals surface area contributed by atoms with Gasteiger partial charge in [0, 0.05) is 26.4 Å². The zero-order valence-corrected chi connectivity index (χ0v) is 9.53. The van der Waals surface area contributed by atoms with Gasteiger partial charge in [0.2, 0.25) is 0 Å². The third-order valence-corrected chi connectivity index (χ3v) is 3.81. The van der Waals surface area contributed by atoms with E-state index in [2.05, 4.69) is 4.90 Å². The number of piperidine rings is 1. The molecule has 1 N–H and O–H groups in total. The van der Waals surface area contributed by atoms with Gasteiger partial charge < -0.3 is 14.7 Å². The average Bonchev–Trinajstić information content (AvgIpc) is 2.81. The van der Waals surface area contributed by atoms with Crippen molar-refractivity contribution in [3.63, 3.8) is 0 Å². The first kappa shape index (κ1) is 11.4. The Hall–Kier alpha value is -0.120. The quantitative estimate of drug-likeness (QED) is 0.759. The third-order valence-electron chi connectivity index (χ3n) is 3.81. The molecule has 2 aliphatic heterocycles. The Morgan fingerprint density at radius 2 is 2.07 bits per heavy atom. The molecule has 0 aromatic carbocycles. The van der Waals surface area contributed by atoms with E-state index in [4.69, 9.17) is 4.74 Å². The molecule has 3 heteroatoms. The summed E-state index contributed by atoms with van der Waals surface area (Å²) in [4.78, 5) is 2.52. The first-order valence-electron chi connectivity index (χ1n) is 6.31. The zero-order valence-electron chi connectivity index (χ0n) is 9.53. The normalized spacial score (nSPS) is 30.6. The number of hydrogen-bond acceptors (Lipinski definition) is 3. The Morgan fingerprint density at radius 1 is 1.27 bits per heavy atom. The van der Waals surface area contributed by atoms with E-state index in [9.17, 15) is 5.11 Å². The summed E-state index contributed by atoms with van der Waals surface area (Å²) in [5, 5.41) is 9.43. The van der Waals surface area contributed by atoms with E-state index in [1.807, 2.05) is 0 Å². The third kappa shape index (κ3) is 3.16. The van der Waals surface area contributed by atoms with Gasteiger partial charge in [-0.2, -0.15) is 0 Å². The predicted molar refractivity (Wildman–Crippen MR) is 59.8 cm³/mol. The first-order chi connectivity index (χ1) is 7.40. The lowest BCUT2D eigenvalue weighted by Crippen LogP contribution is -2.38. The van der Waals surface area contributed by atoms with Crippen LogP contribution in [0.25, 0.3) is 0 Å². The smallest absolute Gasteiger partial charge is 0.0499 e. The Bertz CT molecular complexity index is 174. The fourth-order valence-electron chi connectivity index (χ4n) is 2.75. The molecule has 2 heterocycles. The Morgan fingerprint density at radius 3 is 2.67 bits per heavy atom. The highest BCUT2D eigenvalue weighted by Crippen LogP contribution is 2.23. The van der Waals surface area contributed by atoms with Crippen LogP contribution >= 0.6 is 0 Å². The molecule has 2 unspecified atom stereocenters. The molecule has 0 aliphatic carbocycles. The van der Waals surface area contributed by atoms with E-state index in [0.717, 1.165) is 26.2 Å². The van der Waals surface area contributed by atoms with Gasteiger partial charge in [0.25, 0.3) is 0 Å². The summed E-state index contributed by atoms with van der Waals surface area (Å²) in [5.41, 5.74) is 0. The lowest BCUT2D eigenvalue weighted by Gasteiger charge is -2.31. The maximum atomic E-state index is 9.43. The lowest BCUT2D eigenvalue weighted by atomic mass is 9.91. The molecule has 0 bridgehead atoms. The predicted octanol–water partition coefficient (Wildman–Crippen LogP) is 1.12. The van der Waals surface area contributed by atoms with Crippen LogP contribution in [0.15, 0.2) is 0 Å². The molecule has 0 aromatic heterocycles. The average molecular weight is 213 g/mol. The number of hydrogen-bond donors (Lipinski definition) is 1. The van der Waals surface area contributed by atoms with Crippen LogP contribution in [0.5, 0.6) is 0 Å². The summed E-state index contributed by atoms with van der Waals surface area (Å²) in [6, 6.07) is 0. The number of likely N-dealkylation sites (tertiary alicyclic amines) is 1. The van der Waals surface area contributed by atoms with Crippen LogP contribution in [0, 0.1) is 11.8 Å². The molecule has 2 rings (SSSR count). The number of rotatable bonds is 4. The van der Waals surface area contributed by atoms with Crippen LogP contribution in [-0.2, 0) is 4.74 Å². The Balaban J connectivity index is 1.78. The fraction of sp³-hybridized carbons (Fsp3) is 1.00. The summed E-state index contributed by atoms with van der Waals surface area (Å²) in [6.45, 7) is 5.60. The van der Waals surface area contributed by atoms with Crippen molar-refractivity contribution in [3.8, 4) is 0 Å². The van der Waals surface area contributed by atoms with Crippen molar-refractivity contribution in [2.24, 2.45) is 11.8 Å². The van der Waals surface area contributed by atoms with Crippen molar-refractivity contribution in [2.45, 2.75) is 25.7 Å². The SMILES string of the molecule is OCC(CN1CCCCC1)C1CCOC1. The second-order valence-corrected chi connectivity index (χ2v) is 4.93. The second kappa shape index (κ2) is 5.83. The van der Waals surface area contributed by atoms with Crippen LogP contribution in [0.3, 0.4) is 0 Å². The van der Waals surface area contributed by atoms with E-state index >= 15 is 0 Å². The topological polar surface area (TPSA) is 32.7 Å². The molecule has 2 saturated heterocycles. The van der Waals surface area contributed by atoms with E-state index in [1.54, 1.807) is 0 Å². The maximum absolute atomic E-state index is 9.43. The molecule has 2 fully saturated rings. The summed E-state index contributed by atoms with van der Waals surface area (Å²) in [5.74, 6) is 1.03. The molecule has 0 aromatic rings. The second-order valence-electron chi connectivity index (χ2n) is 4.93. The maximum Gasteiger partial charge on any atom is 0.0499 e. The highest BCUT2D eigenvalue weighted by molar-refractivity contribution is 4.77. The van der Waals surface area contributed by atoms with Crippen molar-refractivity contribution in [2.75, 3.05) is 39.5 Å². The summed E-state index contributed by atoms with van der Waals surface area (Å²) < 4.78 is 5.40. The van der Waals surface area contributed by atoms with Gasteiger partial charge in [-0.3, -0.25) is 0 Å². The molecule has 15 heavy (non-hydrogen) atoms. The van der Waals surface area contributed by atoms with Crippen molar-refractivity contribution in [1.82, 2.24) is 4.90 Å². The number of aliphatic hydroxyl groups excluding tert-OH is 1. The number of ether oxygens (including phenoxy) is 1. The van der Waals surface area contributed by atoms with E-state index in [-0.39, 0.29) is 0 Å².